The molecule has 1 aliphatic rings. The van der Waals surface area contributed by atoms with Crippen molar-refractivity contribution >= 4 is 17.3 Å². The Morgan fingerprint density at radius 1 is 1.18 bits per heavy atom. The number of hydrogen-bond acceptors (Lipinski definition) is 6. The molecule has 6 nitrogen and oxygen atoms in total. The zero-order valence-corrected chi connectivity index (χ0v) is 18.8. The van der Waals surface area contributed by atoms with Crippen LogP contribution in [0.2, 0.25) is 5.02 Å². The summed E-state index contributed by atoms with van der Waals surface area (Å²) in [6.45, 7) is 1.72. The van der Waals surface area contributed by atoms with Crippen molar-refractivity contribution in [2.24, 2.45) is 5.16 Å². The Balaban J connectivity index is 1.36. The number of hydrogen-bond donors (Lipinski definition) is 1. The highest BCUT2D eigenvalue weighted by Gasteiger charge is 2.26. The molecule has 0 saturated heterocycles. The Bertz CT molecular complexity index is 1060. The third kappa shape index (κ3) is 6.88. The number of rotatable bonds is 11. The fourth-order valence-electron chi connectivity index (χ4n) is 3.81. The minimum atomic E-state index is -0.737. The van der Waals surface area contributed by atoms with Crippen LogP contribution in [0, 0.1) is 5.82 Å². The lowest BCUT2D eigenvalue weighted by molar-refractivity contribution is -0.00957. The van der Waals surface area contributed by atoms with Gasteiger partial charge in [0.05, 0.1) is 24.7 Å². The quantitative estimate of drug-likeness (QED) is 0.440. The largest absolute Gasteiger partial charge is 0.467 e. The molecular weight excluding hydrogens is 447 g/mol. The van der Waals surface area contributed by atoms with Crippen molar-refractivity contribution in [3.05, 3.63) is 94.7 Å². The van der Waals surface area contributed by atoms with Gasteiger partial charge in [-0.3, -0.25) is 4.90 Å². The fraction of sp³-hybridized carbons (Fsp3) is 0.320. The molecule has 0 spiro atoms. The summed E-state index contributed by atoms with van der Waals surface area (Å²) in [6.07, 6.45) is 1.23. The second kappa shape index (κ2) is 11.4. The van der Waals surface area contributed by atoms with E-state index in [1.54, 1.807) is 18.4 Å². The monoisotopic (exact) mass is 472 g/mol. The number of oxime groups is 1. The van der Waals surface area contributed by atoms with Crippen molar-refractivity contribution < 1.29 is 23.5 Å². The van der Waals surface area contributed by atoms with Gasteiger partial charge in [-0.1, -0.05) is 47.1 Å². The SMILES string of the molecule is OC(COCc1ccco1)CN(Cc1cccc(F)c1)CC1CC(c2ccccc2Cl)=NO1. The Kier molecular flexibility index (Phi) is 8.12. The standard InChI is InChI=1S/C25H26ClFN2O4/c26-24-9-2-1-8-23(24)25-12-22(33-28-25)15-29(13-18-5-3-6-19(27)11-18)14-20(30)16-31-17-21-7-4-10-32-21/h1-11,20,22,30H,12-17H2. The third-order valence-electron chi connectivity index (χ3n) is 5.28. The topological polar surface area (TPSA) is 67.4 Å². The van der Waals surface area contributed by atoms with Crippen LogP contribution in [0.3, 0.4) is 0 Å². The molecule has 1 aromatic heterocycles. The lowest BCUT2D eigenvalue weighted by Crippen LogP contribution is -2.39. The third-order valence-corrected chi connectivity index (χ3v) is 5.61. The van der Waals surface area contributed by atoms with Crippen LogP contribution in [0.5, 0.6) is 0 Å². The van der Waals surface area contributed by atoms with Crippen molar-refractivity contribution in [1.29, 1.82) is 0 Å². The predicted molar refractivity (Wildman–Crippen MR) is 124 cm³/mol. The van der Waals surface area contributed by atoms with Gasteiger partial charge in [0.15, 0.2) is 0 Å². The number of halogens is 2. The molecule has 2 unspecified atom stereocenters. The highest BCUT2D eigenvalue weighted by molar-refractivity contribution is 6.34. The Labute approximate surface area is 197 Å². The van der Waals surface area contributed by atoms with Gasteiger partial charge in [0.1, 0.15) is 24.3 Å². The van der Waals surface area contributed by atoms with Gasteiger partial charge in [-0.25, -0.2) is 4.39 Å². The predicted octanol–water partition coefficient (Wildman–Crippen LogP) is 4.65. The van der Waals surface area contributed by atoms with Crippen molar-refractivity contribution in [3.63, 3.8) is 0 Å². The van der Waals surface area contributed by atoms with Gasteiger partial charge in [0, 0.05) is 36.6 Å². The first kappa shape index (κ1) is 23.4. The molecule has 1 N–H and O–H groups in total. The molecule has 4 rings (SSSR count). The normalized spacial score (nSPS) is 16.6. The van der Waals surface area contributed by atoms with Crippen LogP contribution < -0.4 is 0 Å². The zero-order chi connectivity index (χ0) is 23.0. The highest BCUT2D eigenvalue weighted by Crippen LogP contribution is 2.24. The Morgan fingerprint density at radius 2 is 2.06 bits per heavy atom. The first-order chi connectivity index (χ1) is 16.1. The molecule has 0 aliphatic carbocycles. The van der Waals surface area contributed by atoms with Crippen LogP contribution in [0.1, 0.15) is 23.3 Å². The molecule has 0 saturated carbocycles. The molecule has 8 heteroatoms. The van der Waals surface area contributed by atoms with Crippen LogP contribution in [0.15, 0.2) is 76.5 Å². The molecule has 2 heterocycles. The van der Waals surface area contributed by atoms with Crippen molar-refractivity contribution in [2.75, 3.05) is 19.7 Å². The fourth-order valence-corrected chi connectivity index (χ4v) is 4.05. The zero-order valence-electron chi connectivity index (χ0n) is 18.1. The molecule has 33 heavy (non-hydrogen) atoms. The second-order valence-corrected chi connectivity index (χ2v) is 8.43. The van der Waals surface area contributed by atoms with E-state index in [9.17, 15) is 9.50 Å². The average Bonchev–Trinajstić information content (AvgIpc) is 3.46. The molecule has 3 aromatic rings. The van der Waals surface area contributed by atoms with E-state index in [2.05, 4.69) is 5.16 Å². The molecule has 0 radical (unpaired) electrons. The van der Waals surface area contributed by atoms with Crippen LogP contribution in [-0.4, -0.2) is 47.6 Å². The summed E-state index contributed by atoms with van der Waals surface area (Å²) >= 11 is 6.30. The summed E-state index contributed by atoms with van der Waals surface area (Å²) in [5, 5.41) is 15.4. The first-order valence-corrected chi connectivity index (χ1v) is 11.2. The average molecular weight is 473 g/mol. The lowest BCUT2D eigenvalue weighted by atomic mass is 10.0. The number of aliphatic hydroxyl groups excluding tert-OH is 1. The summed E-state index contributed by atoms with van der Waals surface area (Å²) in [7, 11) is 0. The summed E-state index contributed by atoms with van der Waals surface area (Å²) in [5.41, 5.74) is 2.45. The molecule has 1 aliphatic heterocycles. The summed E-state index contributed by atoms with van der Waals surface area (Å²) in [6, 6.07) is 17.6. The number of ether oxygens (including phenoxy) is 1. The van der Waals surface area contributed by atoms with E-state index >= 15 is 0 Å². The summed E-state index contributed by atoms with van der Waals surface area (Å²) in [4.78, 5) is 7.69. The van der Waals surface area contributed by atoms with E-state index in [-0.39, 0.29) is 25.1 Å². The van der Waals surface area contributed by atoms with Crippen LogP contribution in [0.4, 0.5) is 4.39 Å². The maximum atomic E-state index is 13.7. The van der Waals surface area contributed by atoms with Crippen molar-refractivity contribution in [2.45, 2.75) is 31.8 Å². The molecule has 0 fully saturated rings. The maximum Gasteiger partial charge on any atom is 0.145 e. The summed E-state index contributed by atoms with van der Waals surface area (Å²) < 4.78 is 24.5. The van der Waals surface area contributed by atoms with Gasteiger partial charge >= 0.3 is 0 Å². The first-order valence-electron chi connectivity index (χ1n) is 10.8. The molecule has 0 bridgehead atoms. The van der Waals surface area contributed by atoms with Gasteiger partial charge in [-0.2, -0.15) is 0 Å². The Hall–Kier alpha value is -2.71. The van der Waals surface area contributed by atoms with Gasteiger partial charge < -0.3 is 19.1 Å². The molecule has 174 valence electrons. The second-order valence-electron chi connectivity index (χ2n) is 8.02. The lowest BCUT2D eigenvalue weighted by Gasteiger charge is -2.27. The number of nitrogens with zero attached hydrogens (tertiary/aromatic N) is 2. The summed E-state index contributed by atoms with van der Waals surface area (Å²) in [5.74, 6) is 0.402. The molecule has 2 aromatic carbocycles. The molecular formula is C25H26ClFN2O4. The van der Waals surface area contributed by atoms with Crippen LogP contribution in [0.25, 0.3) is 0 Å². The van der Waals surface area contributed by atoms with Gasteiger partial charge in [0.2, 0.25) is 0 Å². The van der Waals surface area contributed by atoms with Gasteiger partial charge in [-0.05, 0) is 35.9 Å². The van der Waals surface area contributed by atoms with Gasteiger partial charge in [-0.15, -0.1) is 0 Å². The van der Waals surface area contributed by atoms with Crippen molar-refractivity contribution in [1.82, 2.24) is 4.90 Å². The van der Waals surface area contributed by atoms with E-state index in [4.69, 9.17) is 25.6 Å². The molecule has 2 atom stereocenters. The minimum Gasteiger partial charge on any atom is -0.467 e. The smallest absolute Gasteiger partial charge is 0.145 e. The van der Waals surface area contributed by atoms with E-state index in [0.717, 1.165) is 16.8 Å². The highest BCUT2D eigenvalue weighted by atomic mass is 35.5. The van der Waals surface area contributed by atoms with Gasteiger partial charge in [0.25, 0.3) is 0 Å². The number of benzene rings is 2. The maximum absolute atomic E-state index is 13.7. The van der Waals surface area contributed by atoms with E-state index in [0.29, 0.717) is 36.8 Å². The minimum absolute atomic E-state index is 0.146. The van der Waals surface area contributed by atoms with E-state index < -0.39 is 6.10 Å². The van der Waals surface area contributed by atoms with E-state index in [1.807, 2.05) is 41.3 Å². The van der Waals surface area contributed by atoms with Crippen LogP contribution in [-0.2, 0) is 22.7 Å². The Morgan fingerprint density at radius 3 is 2.85 bits per heavy atom. The number of aliphatic hydroxyl groups is 1. The van der Waals surface area contributed by atoms with Crippen LogP contribution >= 0.6 is 11.6 Å². The number of furan rings is 1. The van der Waals surface area contributed by atoms with Crippen molar-refractivity contribution in [3.8, 4) is 0 Å². The van der Waals surface area contributed by atoms with E-state index in [1.165, 1.54) is 12.1 Å². The molecule has 0 amide bonds.